The van der Waals surface area contributed by atoms with E-state index in [1.54, 1.807) is 11.3 Å². The van der Waals surface area contributed by atoms with Crippen molar-refractivity contribution in [3.63, 3.8) is 0 Å². The van der Waals surface area contributed by atoms with Crippen LogP contribution in [0.25, 0.3) is 0 Å². The van der Waals surface area contributed by atoms with Crippen molar-refractivity contribution in [1.82, 2.24) is 0 Å². The van der Waals surface area contributed by atoms with E-state index < -0.39 is 10.1 Å². The summed E-state index contributed by atoms with van der Waals surface area (Å²) in [7, 11) is -4.02. The number of thiophene rings is 1. The minimum atomic E-state index is -4.02. The van der Waals surface area contributed by atoms with E-state index in [1.807, 2.05) is 16.8 Å². The fourth-order valence-corrected chi connectivity index (χ4v) is 2.09. The van der Waals surface area contributed by atoms with E-state index in [4.69, 9.17) is 0 Å². The van der Waals surface area contributed by atoms with Crippen molar-refractivity contribution in [2.24, 2.45) is 0 Å². The van der Waals surface area contributed by atoms with Crippen LogP contribution in [0.1, 0.15) is 12.0 Å². The van der Waals surface area contributed by atoms with Crippen molar-refractivity contribution in [1.29, 1.82) is 0 Å². The van der Waals surface area contributed by atoms with Gasteiger partial charge in [-0.15, -0.1) is 0 Å². The fraction of sp³-hybridized carbons (Fsp3) is 0.429. The molecule has 0 bridgehead atoms. The largest absolute Gasteiger partial charge is 1.00 e. The fourth-order valence-electron chi connectivity index (χ4n) is 0.888. The van der Waals surface area contributed by atoms with Gasteiger partial charge in [-0.1, -0.05) is 0 Å². The topological polar surface area (TPSA) is 57.2 Å². The van der Waals surface area contributed by atoms with Gasteiger partial charge in [0.05, 0.1) is 10.1 Å². The Morgan fingerprint density at radius 3 is 2.62 bits per heavy atom. The Morgan fingerprint density at radius 2 is 2.15 bits per heavy atom. The molecule has 0 fully saturated rings. The minimum Gasteiger partial charge on any atom is -0.748 e. The zero-order valence-corrected chi connectivity index (χ0v) is 11.0. The van der Waals surface area contributed by atoms with E-state index in [0.29, 0.717) is 12.8 Å². The standard InChI is InChI=1S/C7H10O3S2.Na/c8-12(9,10)5-1-2-7-3-4-11-6-7;/h3-4,6H,1-2,5H2,(H,8,9,10);/q;+1/p-1. The average molecular weight is 228 g/mol. The summed E-state index contributed by atoms with van der Waals surface area (Å²) >= 11 is 1.57. The maximum atomic E-state index is 10.2. The van der Waals surface area contributed by atoms with Crippen LogP contribution in [0.4, 0.5) is 0 Å². The predicted octanol–water partition coefficient (Wildman–Crippen LogP) is -1.77. The van der Waals surface area contributed by atoms with Gasteiger partial charge in [-0.3, -0.25) is 0 Å². The molecular formula is C7H9NaO3S2. The van der Waals surface area contributed by atoms with Gasteiger partial charge in [0.15, 0.2) is 0 Å². The number of hydrogen-bond donors (Lipinski definition) is 0. The smallest absolute Gasteiger partial charge is 0.748 e. The van der Waals surface area contributed by atoms with Crippen molar-refractivity contribution in [2.45, 2.75) is 12.8 Å². The van der Waals surface area contributed by atoms with Crippen LogP contribution in [0.15, 0.2) is 16.8 Å². The molecule has 3 nitrogen and oxygen atoms in total. The molecule has 0 saturated carbocycles. The zero-order valence-electron chi connectivity index (χ0n) is 7.39. The van der Waals surface area contributed by atoms with Gasteiger partial charge in [0, 0.05) is 5.75 Å². The molecule has 68 valence electrons. The van der Waals surface area contributed by atoms with E-state index in [0.717, 1.165) is 5.56 Å². The van der Waals surface area contributed by atoms with Crippen LogP contribution >= 0.6 is 11.3 Å². The number of aryl methyl sites for hydroxylation is 1. The first-order chi connectivity index (χ1) is 5.58. The van der Waals surface area contributed by atoms with Gasteiger partial charge in [-0.2, -0.15) is 11.3 Å². The number of hydrogen-bond acceptors (Lipinski definition) is 4. The molecule has 0 atom stereocenters. The Hall–Kier alpha value is 0.610. The van der Waals surface area contributed by atoms with Gasteiger partial charge in [0.2, 0.25) is 0 Å². The van der Waals surface area contributed by atoms with Gasteiger partial charge in [-0.05, 0) is 35.2 Å². The summed E-state index contributed by atoms with van der Waals surface area (Å²) in [6, 6.07) is 1.93. The summed E-state index contributed by atoms with van der Waals surface area (Å²) in [5.41, 5.74) is 1.10. The van der Waals surface area contributed by atoms with Gasteiger partial charge < -0.3 is 4.55 Å². The Kier molecular flexibility index (Phi) is 6.45. The third kappa shape index (κ3) is 6.65. The van der Waals surface area contributed by atoms with Crippen LogP contribution < -0.4 is 29.6 Å². The molecule has 0 radical (unpaired) electrons. The predicted molar refractivity (Wildman–Crippen MR) is 47.2 cm³/mol. The van der Waals surface area contributed by atoms with E-state index >= 15 is 0 Å². The Bertz CT molecular complexity index is 318. The maximum Gasteiger partial charge on any atom is 1.00 e. The molecule has 1 aromatic rings. The van der Waals surface area contributed by atoms with Crippen LogP contribution in [0.5, 0.6) is 0 Å². The maximum absolute atomic E-state index is 10.2. The summed E-state index contributed by atoms with van der Waals surface area (Å²) in [6.45, 7) is 0. The zero-order chi connectivity index (χ0) is 9.03. The number of rotatable bonds is 4. The summed E-state index contributed by atoms with van der Waals surface area (Å²) in [5.74, 6) is -0.261. The molecule has 1 aromatic heterocycles. The second-order valence-corrected chi connectivity index (χ2v) is 4.80. The first kappa shape index (κ1) is 13.6. The molecule has 0 amide bonds. The molecule has 0 aliphatic heterocycles. The summed E-state index contributed by atoms with van der Waals surface area (Å²) in [6.07, 6.45) is 1.09. The van der Waals surface area contributed by atoms with E-state index in [-0.39, 0.29) is 35.3 Å². The molecule has 0 aliphatic carbocycles. The molecule has 13 heavy (non-hydrogen) atoms. The second kappa shape index (κ2) is 6.16. The SMILES string of the molecule is O=S(=O)([O-])CCCc1ccsc1.[Na+]. The summed E-state index contributed by atoms with van der Waals surface area (Å²) < 4.78 is 30.6. The molecule has 0 aliphatic rings. The molecule has 0 aromatic carbocycles. The van der Waals surface area contributed by atoms with Gasteiger partial charge >= 0.3 is 29.6 Å². The minimum absolute atomic E-state index is 0. The quantitative estimate of drug-likeness (QED) is 0.453. The van der Waals surface area contributed by atoms with Crippen molar-refractivity contribution in [3.8, 4) is 0 Å². The second-order valence-electron chi connectivity index (χ2n) is 2.50. The van der Waals surface area contributed by atoms with E-state index in [1.165, 1.54) is 0 Å². The van der Waals surface area contributed by atoms with E-state index in [2.05, 4.69) is 0 Å². The monoisotopic (exact) mass is 228 g/mol. The van der Waals surface area contributed by atoms with E-state index in [9.17, 15) is 13.0 Å². The Labute approximate surface area is 104 Å². The Balaban J connectivity index is 0.00000144. The van der Waals surface area contributed by atoms with Crippen molar-refractivity contribution >= 4 is 21.5 Å². The molecule has 1 heterocycles. The summed E-state index contributed by atoms with van der Waals surface area (Å²) in [5, 5.41) is 3.89. The molecular weight excluding hydrogens is 219 g/mol. The molecule has 6 heteroatoms. The van der Waals surface area contributed by atoms with Crippen LogP contribution in [0.2, 0.25) is 0 Å². The molecule has 0 unspecified atom stereocenters. The van der Waals surface area contributed by atoms with Crippen molar-refractivity contribution < 1.29 is 42.5 Å². The third-order valence-electron chi connectivity index (χ3n) is 1.44. The van der Waals surface area contributed by atoms with Crippen LogP contribution in [-0.2, 0) is 16.5 Å². The Morgan fingerprint density at radius 1 is 1.46 bits per heavy atom. The molecule has 1 rings (SSSR count). The van der Waals surface area contributed by atoms with Crippen LogP contribution in [0.3, 0.4) is 0 Å². The molecule has 0 saturated heterocycles. The first-order valence-electron chi connectivity index (χ1n) is 3.52. The van der Waals surface area contributed by atoms with Gasteiger partial charge in [0.1, 0.15) is 0 Å². The van der Waals surface area contributed by atoms with Crippen molar-refractivity contribution in [2.75, 3.05) is 5.75 Å². The normalized spacial score (nSPS) is 10.8. The van der Waals surface area contributed by atoms with Crippen LogP contribution in [-0.4, -0.2) is 18.7 Å². The van der Waals surface area contributed by atoms with Gasteiger partial charge in [-0.25, -0.2) is 8.42 Å². The average Bonchev–Trinajstić information content (AvgIpc) is 2.36. The molecule has 0 N–H and O–H groups in total. The third-order valence-corrected chi connectivity index (χ3v) is 2.96. The van der Waals surface area contributed by atoms with Gasteiger partial charge in [0.25, 0.3) is 0 Å². The molecule has 0 spiro atoms. The van der Waals surface area contributed by atoms with Crippen molar-refractivity contribution in [3.05, 3.63) is 22.4 Å². The summed E-state index contributed by atoms with van der Waals surface area (Å²) in [4.78, 5) is 0. The first-order valence-corrected chi connectivity index (χ1v) is 6.04. The van der Waals surface area contributed by atoms with Crippen LogP contribution in [0, 0.1) is 0 Å².